The van der Waals surface area contributed by atoms with Crippen LogP contribution < -0.4 is 5.32 Å². The first kappa shape index (κ1) is 26.3. The van der Waals surface area contributed by atoms with Gasteiger partial charge in [-0.15, -0.1) is 5.10 Å². The van der Waals surface area contributed by atoms with Crippen molar-refractivity contribution >= 4 is 41.2 Å². The smallest absolute Gasteiger partial charge is 0.318 e. The summed E-state index contributed by atoms with van der Waals surface area (Å²) in [6.45, 7) is 2.27. The van der Waals surface area contributed by atoms with Crippen LogP contribution in [0.25, 0.3) is 0 Å². The topological polar surface area (TPSA) is 89.7 Å². The second kappa shape index (κ2) is 13.5. The quantitative estimate of drug-likeness (QED) is 0.272. The van der Waals surface area contributed by atoms with E-state index in [1.165, 1.54) is 16.1 Å². The largest absolute Gasteiger partial charge is 0.328 e. The number of carbonyl (C=O) groups excluding carboxylic acids is 2. The molecule has 0 spiro atoms. The molecular formula is C23H28Cl2N6O2. The molecule has 1 atom stereocenters. The summed E-state index contributed by atoms with van der Waals surface area (Å²) in [5, 5.41) is 16.7. The van der Waals surface area contributed by atoms with E-state index in [2.05, 4.69) is 20.9 Å². The van der Waals surface area contributed by atoms with Crippen LogP contribution >= 0.6 is 23.2 Å². The second-order valence-electron chi connectivity index (χ2n) is 7.42. The van der Waals surface area contributed by atoms with E-state index in [0.717, 1.165) is 11.1 Å². The third-order valence-corrected chi connectivity index (χ3v) is 5.48. The summed E-state index contributed by atoms with van der Waals surface area (Å²) in [4.78, 5) is 26.6. The molecule has 0 aromatic heterocycles. The minimum Gasteiger partial charge on any atom is -0.328 e. The predicted octanol–water partition coefficient (Wildman–Crippen LogP) is 5.01. The molecule has 0 radical (unpaired) electrons. The van der Waals surface area contributed by atoms with E-state index in [-0.39, 0.29) is 18.4 Å². The van der Waals surface area contributed by atoms with Crippen LogP contribution in [-0.4, -0.2) is 54.6 Å². The van der Waals surface area contributed by atoms with Gasteiger partial charge in [0.2, 0.25) is 0 Å². The third-order valence-electron chi connectivity index (χ3n) is 4.77. The molecule has 8 nitrogen and oxygen atoms in total. The average Bonchev–Trinajstić information content (AvgIpc) is 2.79. The van der Waals surface area contributed by atoms with Crippen molar-refractivity contribution < 1.29 is 9.59 Å². The van der Waals surface area contributed by atoms with Crippen molar-refractivity contribution in [2.24, 2.45) is 15.5 Å². The van der Waals surface area contributed by atoms with Crippen molar-refractivity contribution in [2.75, 3.05) is 20.6 Å². The van der Waals surface area contributed by atoms with Crippen LogP contribution in [0, 0.1) is 0 Å². The number of hydrogen-bond acceptors (Lipinski definition) is 4. The summed E-state index contributed by atoms with van der Waals surface area (Å²) in [7, 11) is 3.30. The van der Waals surface area contributed by atoms with Crippen molar-refractivity contribution in [2.45, 2.75) is 32.4 Å². The number of amides is 2. The van der Waals surface area contributed by atoms with Gasteiger partial charge in [0.25, 0.3) is 0 Å². The lowest BCUT2D eigenvalue weighted by Gasteiger charge is -2.23. The summed E-state index contributed by atoms with van der Waals surface area (Å²) in [6.07, 6.45) is 2.40. The molecule has 0 aliphatic carbocycles. The number of benzene rings is 2. The Bertz CT molecular complexity index is 964. The van der Waals surface area contributed by atoms with Gasteiger partial charge in [-0.25, -0.2) is 4.79 Å². The van der Waals surface area contributed by atoms with Crippen molar-refractivity contribution in [3.8, 4) is 0 Å². The number of nitrogens with zero attached hydrogens (tertiary/aromatic N) is 5. The van der Waals surface area contributed by atoms with Gasteiger partial charge >= 0.3 is 6.03 Å². The Morgan fingerprint density at radius 2 is 1.73 bits per heavy atom. The Labute approximate surface area is 204 Å². The van der Waals surface area contributed by atoms with Gasteiger partial charge in [0.1, 0.15) is 0 Å². The van der Waals surface area contributed by atoms with Crippen LogP contribution in [0.2, 0.25) is 10.0 Å². The molecule has 1 unspecified atom stereocenters. The maximum Gasteiger partial charge on any atom is 0.318 e. The molecule has 33 heavy (non-hydrogen) atoms. The zero-order valence-corrected chi connectivity index (χ0v) is 20.4. The van der Waals surface area contributed by atoms with Crippen LogP contribution in [0.3, 0.4) is 0 Å². The molecule has 176 valence electrons. The first-order chi connectivity index (χ1) is 15.8. The van der Waals surface area contributed by atoms with Crippen LogP contribution in [-0.2, 0) is 17.8 Å². The van der Waals surface area contributed by atoms with E-state index in [9.17, 15) is 9.59 Å². The average molecular weight is 491 g/mol. The summed E-state index contributed by atoms with van der Waals surface area (Å²) in [5.41, 5.74) is 1.76. The summed E-state index contributed by atoms with van der Waals surface area (Å²) in [5.74, 6) is -0.174. The number of carbonyl (C=O) groups is 2. The molecule has 2 aromatic rings. The molecule has 0 heterocycles. The molecule has 2 amide bonds. The van der Waals surface area contributed by atoms with E-state index in [1.807, 2.05) is 37.3 Å². The van der Waals surface area contributed by atoms with Gasteiger partial charge < -0.3 is 10.2 Å². The van der Waals surface area contributed by atoms with Gasteiger partial charge in [0.15, 0.2) is 5.78 Å². The number of nitrogens with one attached hydrogen (secondary N) is 1. The number of ketones is 1. The highest BCUT2D eigenvalue weighted by Crippen LogP contribution is 2.24. The summed E-state index contributed by atoms with van der Waals surface area (Å²) < 4.78 is 0. The fourth-order valence-corrected chi connectivity index (χ4v) is 3.50. The van der Waals surface area contributed by atoms with Gasteiger partial charge in [-0.3, -0.25) is 9.80 Å². The van der Waals surface area contributed by atoms with Crippen LogP contribution in [0.1, 0.15) is 24.5 Å². The van der Waals surface area contributed by atoms with E-state index >= 15 is 0 Å². The van der Waals surface area contributed by atoms with E-state index in [0.29, 0.717) is 29.4 Å². The van der Waals surface area contributed by atoms with Gasteiger partial charge in [0.05, 0.1) is 12.6 Å². The number of urea groups is 1. The van der Waals surface area contributed by atoms with Crippen molar-refractivity contribution in [1.29, 1.82) is 0 Å². The number of likely N-dealkylation sites (N-methyl/N-ethyl adjacent to an activating group) is 1. The minimum absolute atomic E-state index is 0.0173. The summed E-state index contributed by atoms with van der Waals surface area (Å²) >= 11 is 12.2. The van der Waals surface area contributed by atoms with Gasteiger partial charge in [-0.05, 0) is 34.9 Å². The number of hydrogen-bond donors (Lipinski definition) is 1. The number of Topliss-reactive ketones (excluding diaryl/α,β-unsaturated/α-hetero) is 1. The normalized spacial score (nSPS) is 12.2. The molecule has 2 aromatic carbocycles. The Balaban J connectivity index is 1.81. The Morgan fingerprint density at radius 3 is 2.36 bits per heavy atom. The van der Waals surface area contributed by atoms with Gasteiger partial charge in [-0.2, -0.15) is 0 Å². The molecule has 0 fully saturated rings. The number of halogens is 2. The van der Waals surface area contributed by atoms with E-state index in [1.54, 1.807) is 32.3 Å². The monoisotopic (exact) mass is 490 g/mol. The molecule has 0 saturated carbocycles. The van der Waals surface area contributed by atoms with Crippen molar-refractivity contribution in [1.82, 2.24) is 15.2 Å². The third kappa shape index (κ3) is 8.82. The molecule has 1 N–H and O–H groups in total. The van der Waals surface area contributed by atoms with E-state index in [4.69, 9.17) is 23.2 Å². The lowest BCUT2D eigenvalue weighted by Crippen LogP contribution is -2.48. The fourth-order valence-electron chi connectivity index (χ4n) is 2.95. The first-order valence-corrected chi connectivity index (χ1v) is 11.2. The zero-order valence-electron chi connectivity index (χ0n) is 18.9. The molecule has 0 bridgehead atoms. The minimum atomic E-state index is -0.626. The second-order valence-corrected chi connectivity index (χ2v) is 8.23. The number of rotatable bonds is 11. The van der Waals surface area contributed by atoms with Crippen molar-refractivity contribution in [3.05, 3.63) is 69.7 Å². The highest BCUT2D eigenvalue weighted by molar-refractivity contribution is 6.36. The molecule has 0 aliphatic rings. The maximum atomic E-state index is 12.6. The van der Waals surface area contributed by atoms with Crippen LogP contribution in [0.5, 0.6) is 0 Å². The molecule has 2 rings (SSSR count). The Kier molecular flexibility index (Phi) is 10.8. The van der Waals surface area contributed by atoms with Crippen molar-refractivity contribution in [3.63, 3.8) is 0 Å². The molecule has 0 aliphatic heterocycles. The van der Waals surface area contributed by atoms with Gasteiger partial charge in [0, 0.05) is 43.3 Å². The lowest BCUT2D eigenvalue weighted by molar-refractivity contribution is -0.121. The van der Waals surface area contributed by atoms with Gasteiger partial charge in [-0.1, -0.05) is 71.7 Å². The molecule has 0 saturated heterocycles. The maximum absolute atomic E-state index is 12.6. The zero-order chi connectivity index (χ0) is 24.2. The standard InChI is InChI=1S/C23H28Cl2N6O2/c1-4-21(27-23(33)30(2)15-17-9-6-5-7-10-17)22(32)16-31(3)29-28-26-14-13-18-19(24)11-8-12-20(18)25/h5-12,14,21H,4,13,15-16H2,1-3H3,(H,27,33)/b26-14+,29-28-. The SMILES string of the molecule is CCC(NC(=O)N(C)Cc1ccccc1)C(=O)CN(C)/N=N\N=C\Cc1c(Cl)cccc1Cl. The molecule has 10 heteroatoms. The highest BCUT2D eigenvalue weighted by Gasteiger charge is 2.21. The molecular weight excluding hydrogens is 463 g/mol. The first-order valence-electron chi connectivity index (χ1n) is 10.5. The van der Waals surface area contributed by atoms with Crippen LogP contribution in [0.4, 0.5) is 4.79 Å². The summed E-state index contributed by atoms with van der Waals surface area (Å²) in [6, 6.07) is 14.0. The lowest BCUT2D eigenvalue weighted by atomic mass is 10.1. The highest BCUT2D eigenvalue weighted by atomic mass is 35.5. The Morgan fingerprint density at radius 1 is 1.06 bits per heavy atom. The predicted molar refractivity (Wildman–Crippen MR) is 132 cm³/mol. The van der Waals surface area contributed by atoms with Crippen LogP contribution in [0.15, 0.2) is 64.1 Å². The Hall–Kier alpha value is -2.97. The van der Waals surface area contributed by atoms with E-state index < -0.39 is 6.04 Å². The fraction of sp³-hybridized carbons (Fsp3) is 0.348.